The summed E-state index contributed by atoms with van der Waals surface area (Å²) in [5.74, 6) is -0.147. The number of hydrogen-bond donors (Lipinski definition) is 2. The Hall–Kier alpha value is -2.99. The van der Waals surface area contributed by atoms with Gasteiger partial charge in [-0.1, -0.05) is 29.8 Å². The van der Waals surface area contributed by atoms with Gasteiger partial charge in [0.2, 0.25) is 0 Å². The van der Waals surface area contributed by atoms with E-state index in [1.807, 2.05) is 13.0 Å². The van der Waals surface area contributed by atoms with E-state index in [1.54, 1.807) is 30.3 Å². The minimum absolute atomic E-state index is 0.223. The number of anilines is 2. The van der Waals surface area contributed by atoms with Crippen molar-refractivity contribution in [2.45, 2.75) is 13.5 Å². The van der Waals surface area contributed by atoms with E-state index in [2.05, 4.69) is 20.6 Å². The molecule has 0 saturated heterocycles. The van der Waals surface area contributed by atoms with E-state index in [0.29, 0.717) is 23.1 Å². The summed E-state index contributed by atoms with van der Waals surface area (Å²) in [6.45, 7) is 2.33. The molecule has 7 heteroatoms. The number of rotatable bonds is 5. The second kappa shape index (κ2) is 7.93. The van der Waals surface area contributed by atoms with E-state index in [4.69, 9.17) is 11.6 Å². The van der Waals surface area contributed by atoms with Gasteiger partial charge in [0.25, 0.3) is 5.91 Å². The molecule has 1 aromatic heterocycles. The molecule has 3 aromatic rings. The van der Waals surface area contributed by atoms with Gasteiger partial charge >= 0.3 is 0 Å². The Morgan fingerprint density at radius 3 is 2.65 bits per heavy atom. The molecule has 0 fully saturated rings. The molecule has 0 atom stereocenters. The highest BCUT2D eigenvalue weighted by Gasteiger charge is 2.11. The average Bonchev–Trinajstić information content (AvgIpc) is 2.64. The molecular formula is C19H16ClFN4O. The fourth-order valence-electron chi connectivity index (χ4n) is 2.29. The van der Waals surface area contributed by atoms with E-state index < -0.39 is 0 Å². The van der Waals surface area contributed by atoms with Crippen molar-refractivity contribution >= 4 is 29.0 Å². The predicted molar refractivity (Wildman–Crippen MR) is 99.9 cm³/mol. The van der Waals surface area contributed by atoms with Gasteiger partial charge < -0.3 is 10.6 Å². The molecule has 0 radical (unpaired) electrons. The molecular weight excluding hydrogens is 355 g/mol. The number of aryl methyl sites for hydroxylation is 1. The smallest absolute Gasteiger partial charge is 0.274 e. The van der Waals surface area contributed by atoms with Gasteiger partial charge in [-0.3, -0.25) is 4.79 Å². The molecule has 0 saturated carbocycles. The molecule has 0 aliphatic carbocycles. The maximum Gasteiger partial charge on any atom is 0.274 e. The quantitative estimate of drug-likeness (QED) is 0.696. The standard InChI is InChI=1S/C19H16ClFN4O/c1-12-2-5-14(20)8-16(12)25-19(26)17-9-18(24-11-23-17)22-10-13-3-6-15(21)7-4-13/h2-9,11H,10H2,1H3,(H,25,26)(H,22,23,24). The molecule has 1 heterocycles. The highest BCUT2D eigenvalue weighted by molar-refractivity contribution is 6.31. The Labute approximate surface area is 155 Å². The van der Waals surface area contributed by atoms with Gasteiger partial charge in [0.05, 0.1) is 0 Å². The largest absolute Gasteiger partial charge is 0.366 e. The Kier molecular flexibility index (Phi) is 5.43. The van der Waals surface area contributed by atoms with Crippen molar-refractivity contribution in [3.63, 3.8) is 0 Å². The van der Waals surface area contributed by atoms with Crippen LogP contribution in [0, 0.1) is 12.7 Å². The average molecular weight is 371 g/mol. The lowest BCUT2D eigenvalue weighted by molar-refractivity contribution is 0.102. The highest BCUT2D eigenvalue weighted by atomic mass is 35.5. The molecule has 132 valence electrons. The summed E-state index contributed by atoms with van der Waals surface area (Å²) in [7, 11) is 0. The van der Waals surface area contributed by atoms with Gasteiger partial charge in [0, 0.05) is 23.3 Å². The summed E-state index contributed by atoms with van der Waals surface area (Å²) >= 11 is 5.97. The first-order valence-electron chi connectivity index (χ1n) is 7.89. The molecule has 1 amide bonds. The van der Waals surface area contributed by atoms with E-state index in [0.717, 1.165) is 11.1 Å². The number of aromatic nitrogens is 2. The SMILES string of the molecule is Cc1ccc(Cl)cc1NC(=O)c1cc(NCc2ccc(F)cc2)ncn1. The Morgan fingerprint density at radius 1 is 1.12 bits per heavy atom. The third-order valence-electron chi connectivity index (χ3n) is 3.73. The van der Waals surface area contributed by atoms with Crippen molar-refractivity contribution in [1.82, 2.24) is 9.97 Å². The third-order valence-corrected chi connectivity index (χ3v) is 3.97. The topological polar surface area (TPSA) is 66.9 Å². The molecule has 0 unspecified atom stereocenters. The zero-order valence-electron chi connectivity index (χ0n) is 14.0. The van der Waals surface area contributed by atoms with Crippen LogP contribution in [0.2, 0.25) is 5.02 Å². The van der Waals surface area contributed by atoms with Crippen molar-refractivity contribution in [2.24, 2.45) is 0 Å². The maximum absolute atomic E-state index is 12.9. The molecule has 0 aliphatic heterocycles. The zero-order chi connectivity index (χ0) is 18.5. The number of nitrogens with one attached hydrogen (secondary N) is 2. The summed E-state index contributed by atoms with van der Waals surface area (Å²) in [5, 5.41) is 6.41. The van der Waals surface area contributed by atoms with Crippen LogP contribution in [0.5, 0.6) is 0 Å². The van der Waals surface area contributed by atoms with Crippen molar-refractivity contribution in [1.29, 1.82) is 0 Å². The van der Waals surface area contributed by atoms with Crippen molar-refractivity contribution in [3.8, 4) is 0 Å². The predicted octanol–water partition coefficient (Wildman–Crippen LogP) is 4.44. The van der Waals surface area contributed by atoms with E-state index in [1.165, 1.54) is 18.5 Å². The van der Waals surface area contributed by atoms with Gasteiger partial charge in [0.1, 0.15) is 23.7 Å². The molecule has 3 rings (SSSR count). The minimum atomic E-state index is -0.359. The number of benzene rings is 2. The number of hydrogen-bond acceptors (Lipinski definition) is 4. The number of nitrogens with zero attached hydrogens (tertiary/aromatic N) is 2. The van der Waals surface area contributed by atoms with Crippen LogP contribution in [0.25, 0.3) is 0 Å². The van der Waals surface area contributed by atoms with Gasteiger partial charge in [0.15, 0.2) is 0 Å². The van der Waals surface area contributed by atoms with Crippen molar-refractivity contribution in [3.05, 3.63) is 82.5 Å². The Morgan fingerprint density at radius 2 is 1.88 bits per heavy atom. The van der Waals surface area contributed by atoms with Crippen LogP contribution in [0.3, 0.4) is 0 Å². The maximum atomic E-state index is 12.9. The van der Waals surface area contributed by atoms with E-state index in [9.17, 15) is 9.18 Å². The number of carbonyl (C=O) groups excluding carboxylic acids is 1. The van der Waals surface area contributed by atoms with Crippen molar-refractivity contribution < 1.29 is 9.18 Å². The lowest BCUT2D eigenvalue weighted by atomic mass is 10.2. The third kappa shape index (κ3) is 4.55. The summed E-state index contributed by atoms with van der Waals surface area (Å²) in [6, 6.07) is 13.0. The summed E-state index contributed by atoms with van der Waals surface area (Å²) < 4.78 is 12.9. The van der Waals surface area contributed by atoms with Gasteiger partial charge in [-0.2, -0.15) is 0 Å². The van der Waals surface area contributed by atoms with Gasteiger partial charge in [-0.05, 0) is 42.3 Å². The van der Waals surface area contributed by atoms with Crippen LogP contribution in [0.1, 0.15) is 21.6 Å². The van der Waals surface area contributed by atoms with Gasteiger partial charge in [-0.25, -0.2) is 14.4 Å². The first kappa shape index (κ1) is 17.8. The van der Waals surface area contributed by atoms with Crippen molar-refractivity contribution in [2.75, 3.05) is 10.6 Å². The summed E-state index contributed by atoms with van der Waals surface area (Å²) in [4.78, 5) is 20.5. The normalized spacial score (nSPS) is 10.4. The molecule has 0 bridgehead atoms. The molecule has 2 N–H and O–H groups in total. The fourth-order valence-corrected chi connectivity index (χ4v) is 2.46. The van der Waals surface area contributed by atoms with Crippen LogP contribution in [0.15, 0.2) is 54.9 Å². The highest BCUT2D eigenvalue weighted by Crippen LogP contribution is 2.21. The number of amides is 1. The fraction of sp³-hybridized carbons (Fsp3) is 0.105. The minimum Gasteiger partial charge on any atom is -0.366 e. The Balaban J connectivity index is 1.69. The summed E-state index contributed by atoms with van der Waals surface area (Å²) in [5.41, 5.74) is 2.64. The Bertz CT molecular complexity index is 931. The monoisotopic (exact) mass is 370 g/mol. The second-order valence-corrected chi connectivity index (χ2v) is 6.12. The lowest BCUT2D eigenvalue weighted by Gasteiger charge is -2.10. The van der Waals surface area contributed by atoms with Crippen LogP contribution >= 0.6 is 11.6 Å². The van der Waals surface area contributed by atoms with Crippen LogP contribution < -0.4 is 10.6 Å². The lowest BCUT2D eigenvalue weighted by Crippen LogP contribution is -2.15. The number of halogens is 2. The van der Waals surface area contributed by atoms with Crippen LogP contribution in [0.4, 0.5) is 15.9 Å². The first-order chi connectivity index (χ1) is 12.5. The summed E-state index contributed by atoms with van der Waals surface area (Å²) in [6.07, 6.45) is 1.31. The molecule has 26 heavy (non-hydrogen) atoms. The van der Waals surface area contributed by atoms with E-state index >= 15 is 0 Å². The molecule has 0 aliphatic rings. The molecule has 0 spiro atoms. The van der Waals surface area contributed by atoms with E-state index in [-0.39, 0.29) is 17.4 Å². The molecule has 5 nitrogen and oxygen atoms in total. The van der Waals surface area contributed by atoms with Crippen LogP contribution in [-0.2, 0) is 6.54 Å². The van der Waals surface area contributed by atoms with Gasteiger partial charge in [-0.15, -0.1) is 0 Å². The molecule has 2 aromatic carbocycles. The first-order valence-corrected chi connectivity index (χ1v) is 8.27. The second-order valence-electron chi connectivity index (χ2n) is 5.68. The zero-order valence-corrected chi connectivity index (χ0v) is 14.7. The number of carbonyl (C=O) groups is 1. The van der Waals surface area contributed by atoms with Crippen LogP contribution in [-0.4, -0.2) is 15.9 Å².